The Morgan fingerprint density at radius 3 is 0.958 bits per heavy atom. The molecule has 0 fully saturated rings. The predicted molar refractivity (Wildman–Crippen MR) is 393 cm³/mol. The summed E-state index contributed by atoms with van der Waals surface area (Å²) in [4.78, 5) is 28.2. The van der Waals surface area contributed by atoms with Gasteiger partial charge in [-0.15, -0.1) is 0 Å². The number of hydrogen-bond donors (Lipinski definition) is 0. The quantitative estimate of drug-likeness (QED) is 0.0898. The first-order valence-corrected chi connectivity index (χ1v) is 36.2. The molecule has 446 valence electrons. The van der Waals surface area contributed by atoms with Crippen molar-refractivity contribution in [3.05, 3.63) is 340 Å². The Morgan fingerprint density at radius 1 is 0.221 bits per heavy atom. The summed E-state index contributed by atoms with van der Waals surface area (Å²) in [5.41, 5.74) is 11.4. The number of nitrogens with zero attached hydrogens (tertiary/aromatic N) is 10. The third-order valence-electron chi connectivity index (χ3n) is 19.5. The molecule has 0 saturated heterocycles. The predicted octanol–water partition coefficient (Wildman–Crippen LogP) is 12.9. The van der Waals surface area contributed by atoms with Crippen LogP contribution in [-0.4, -0.2) is 63.6 Å². The van der Waals surface area contributed by atoms with Gasteiger partial charge in [-0.25, -0.2) is 19.1 Å². The van der Waals surface area contributed by atoms with Gasteiger partial charge in [-0.3, -0.25) is 8.80 Å². The Bertz CT molecular complexity index is 5620. The molecule has 13 aromatic carbocycles. The number of rotatable bonds is 12. The van der Waals surface area contributed by atoms with Gasteiger partial charge in [0.15, 0.2) is 22.0 Å². The maximum Gasteiger partial charge on any atom is 0.242 e. The maximum atomic E-state index is 5.78. The highest BCUT2D eigenvalue weighted by molar-refractivity contribution is 7.20. The average Bonchev–Trinajstić information content (AvgIpc) is 1.62. The molecule has 10 nitrogen and oxygen atoms in total. The van der Waals surface area contributed by atoms with E-state index >= 15 is 0 Å². The molecule has 0 atom stereocenters. The van der Waals surface area contributed by atoms with Gasteiger partial charge in [-0.2, -0.15) is 15.0 Å². The van der Waals surface area contributed by atoms with Crippen LogP contribution < -0.4 is 41.5 Å². The van der Waals surface area contributed by atoms with Crippen LogP contribution >= 0.6 is 0 Å². The maximum absolute atomic E-state index is 5.78. The van der Waals surface area contributed by atoms with Crippen molar-refractivity contribution in [3.8, 4) is 29.0 Å². The van der Waals surface area contributed by atoms with E-state index in [1.54, 1.807) is 0 Å². The molecule has 0 aliphatic carbocycles. The number of benzene rings is 13. The molecule has 95 heavy (non-hydrogen) atoms. The van der Waals surface area contributed by atoms with Crippen molar-refractivity contribution in [2.75, 3.05) is 0 Å². The lowest BCUT2D eigenvalue weighted by atomic mass is 10.2. The second-order valence-corrected chi connectivity index (χ2v) is 32.0. The number of hydrogen-bond acceptors (Lipinski definition) is 5. The molecule has 0 bridgehead atoms. The molecule has 0 amide bonds. The zero-order valence-electron chi connectivity index (χ0n) is 51.3. The first-order chi connectivity index (χ1) is 47.1. The third kappa shape index (κ3) is 8.18. The molecule has 6 aromatic heterocycles. The molecule has 0 aliphatic rings. The zero-order chi connectivity index (χ0) is 62.6. The molecular formula is C83H56N10Si2. The molecule has 0 N–H and O–H groups in total. The van der Waals surface area contributed by atoms with E-state index in [-0.39, 0.29) is 0 Å². The highest BCUT2D eigenvalue weighted by atomic mass is 28.3. The van der Waals surface area contributed by atoms with E-state index in [4.69, 9.17) is 24.9 Å². The molecule has 0 radical (unpaired) electrons. The summed E-state index contributed by atoms with van der Waals surface area (Å²) in [5, 5.41) is 12.6. The van der Waals surface area contributed by atoms with Crippen LogP contribution in [0, 0.1) is 0 Å². The molecule has 0 aliphatic heterocycles. The monoisotopic (exact) mass is 1250 g/mol. The van der Waals surface area contributed by atoms with Crippen LogP contribution in [0.3, 0.4) is 0 Å². The minimum atomic E-state index is -3.02. The van der Waals surface area contributed by atoms with Crippen molar-refractivity contribution in [1.29, 1.82) is 0 Å². The SMILES string of the molecule is c1ccc([Si](c2ccccc2)(c2ccccc2)c2ccc3c(c2)n2c4ccccc4nc2n3-c2nc(-c3cccc(-n4c5ccccc5c5ccccc54)c3)nc(-n3c4ccc([Si](c5ccccc5)(c5ccccc5)c5ccccc5)cc4n4c5ccccc5nc34)n2)cc1. The van der Waals surface area contributed by atoms with E-state index in [0.717, 1.165) is 66.4 Å². The lowest BCUT2D eigenvalue weighted by Crippen LogP contribution is -2.74. The van der Waals surface area contributed by atoms with Gasteiger partial charge in [0.25, 0.3) is 0 Å². The van der Waals surface area contributed by atoms with Crippen LogP contribution in [0.2, 0.25) is 0 Å². The fraction of sp³-hybridized carbons (Fsp3) is 0. The molecule has 19 rings (SSSR count). The van der Waals surface area contributed by atoms with Gasteiger partial charge in [0.05, 0.1) is 55.2 Å². The van der Waals surface area contributed by atoms with Gasteiger partial charge in [0.1, 0.15) is 0 Å². The van der Waals surface area contributed by atoms with Crippen molar-refractivity contribution < 1.29 is 0 Å². The van der Waals surface area contributed by atoms with E-state index in [1.807, 2.05) is 0 Å². The third-order valence-corrected chi connectivity index (χ3v) is 29.0. The summed E-state index contributed by atoms with van der Waals surface area (Å²) >= 11 is 0. The summed E-state index contributed by atoms with van der Waals surface area (Å²) < 4.78 is 11.2. The second kappa shape index (κ2) is 21.6. The van der Waals surface area contributed by atoms with Crippen LogP contribution in [0.4, 0.5) is 0 Å². The van der Waals surface area contributed by atoms with Crippen molar-refractivity contribution in [2.24, 2.45) is 0 Å². The van der Waals surface area contributed by atoms with E-state index in [1.165, 1.54) is 52.3 Å². The van der Waals surface area contributed by atoms with Crippen molar-refractivity contribution >= 4 is 135 Å². The Hall–Kier alpha value is -12.4. The van der Waals surface area contributed by atoms with Gasteiger partial charge in [-0.05, 0) is 114 Å². The van der Waals surface area contributed by atoms with Gasteiger partial charge in [-0.1, -0.05) is 267 Å². The Balaban J connectivity index is 0.910. The summed E-state index contributed by atoms with van der Waals surface area (Å²) in [6.07, 6.45) is 0. The molecular weight excluding hydrogens is 1190 g/mol. The molecule has 19 aromatic rings. The summed E-state index contributed by atoms with van der Waals surface area (Å²) in [6.45, 7) is 0. The average molecular weight is 1250 g/mol. The standard InChI is InChI=1S/C83H56N10Si2/c1-7-30-59(31-8-1)94(60-32-9-2-10-33-60,61-34-11-3-12-35-61)65-50-52-75-77(55-65)90-73-48-25-21-44-69(73)84-82(90)92(75)80-86-79(57-28-27-29-58(54-57)89-71-46-23-19-42-67(71)68-43-20-24-47-72(68)89)87-81(88-80)93-76-53-51-66(56-78(76)91-74-49-26-22-45-70(74)85-83(91)93)95(62-36-13-4-14-37-62,63-38-15-5-16-39-63)64-40-17-6-18-41-64/h1-56H. The number of fused-ring (bicyclic) bond motifs is 13. The van der Waals surface area contributed by atoms with Gasteiger partial charge in [0, 0.05) is 22.0 Å². The number of imidazole rings is 4. The van der Waals surface area contributed by atoms with Gasteiger partial charge >= 0.3 is 0 Å². The van der Waals surface area contributed by atoms with Crippen LogP contribution in [0.1, 0.15) is 0 Å². The minimum absolute atomic E-state index is 0.407. The van der Waals surface area contributed by atoms with E-state index < -0.39 is 16.1 Å². The van der Waals surface area contributed by atoms with E-state index in [0.29, 0.717) is 29.3 Å². The first kappa shape index (κ1) is 54.4. The Labute approximate surface area is 547 Å². The summed E-state index contributed by atoms with van der Waals surface area (Å²) in [6, 6.07) is 123. The summed E-state index contributed by atoms with van der Waals surface area (Å²) in [7, 11) is -6.04. The Morgan fingerprint density at radius 2 is 0.568 bits per heavy atom. The van der Waals surface area contributed by atoms with Crippen molar-refractivity contribution in [2.45, 2.75) is 0 Å². The summed E-state index contributed by atoms with van der Waals surface area (Å²) in [5.74, 6) is 2.65. The normalized spacial score (nSPS) is 12.2. The highest BCUT2D eigenvalue weighted by Gasteiger charge is 2.44. The van der Waals surface area contributed by atoms with Crippen LogP contribution in [0.25, 0.3) is 106 Å². The second-order valence-electron chi connectivity index (χ2n) is 24.4. The largest absolute Gasteiger partial charge is 0.309 e. The lowest BCUT2D eigenvalue weighted by molar-refractivity contribution is 0.877. The molecule has 6 heterocycles. The molecule has 0 unspecified atom stereocenters. The fourth-order valence-corrected chi connectivity index (χ4v) is 25.0. The lowest BCUT2D eigenvalue weighted by Gasteiger charge is -2.34. The zero-order valence-corrected chi connectivity index (χ0v) is 53.3. The molecule has 12 heteroatoms. The van der Waals surface area contributed by atoms with Crippen LogP contribution in [-0.2, 0) is 0 Å². The smallest absolute Gasteiger partial charge is 0.242 e. The van der Waals surface area contributed by atoms with Crippen molar-refractivity contribution in [1.82, 2.24) is 47.4 Å². The van der Waals surface area contributed by atoms with Crippen molar-refractivity contribution in [3.63, 3.8) is 0 Å². The van der Waals surface area contributed by atoms with Crippen LogP contribution in [0.15, 0.2) is 340 Å². The van der Waals surface area contributed by atoms with Gasteiger partial charge in [0.2, 0.25) is 23.5 Å². The number of aromatic nitrogens is 10. The number of para-hydroxylation sites is 6. The highest BCUT2D eigenvalue weighted by Crippen LogP contribution is 2.36. The molecule has 0 spiro atoms. The minimum Gasteiger partial charge on any atom is -0.309 e. The topological polar surface area (TPSA) is 88.1 Å². The fourth-order valence-electron chi connectivity index (χ4n) is 15.5. The molecule has 0 saturated carbocycles. The van der Waals surface area contributed by atoms with Crippen LogP contribution in [0.5, 0.6) is 0 Å². The van der Waals surface area contributed by atoms with Gasteiger partial charge < -0.3 is 4.57 Å². The Kier molecular flexibility index (Phi) is 12.4. The van der Waals surface area contributed by atoms with E-state index in [9.17, 15) is 0 Å². The van der Waals surface area contributed by atoms with E-state index in [2.05, 4.69) is 362 Å². The first-order valence-electron chi connectivity index (χ1n) is 32.2.